The minimum Gasteiger partial charge on any atom is -0.378 e. The third kappa shape index (κ3) is 1.92. The van der Waals surface area contributed by atoms with Crippen molar-refractivity contribution in [1.82, 2.24) is 0 Å². The molecule has 70 valence electrons. The van der Waals surface area contributed by atoms with Gasteiger partial charge < -0.3 is 4.74 Å². The highest BCUT2D eigenvalue weighted by Gasteiger charge is 2.22. The molecule has 0 aliphatic carbocycles. The average Bonchev–Trinajstić information content (AvgIpc) is 2.71. The molecule has 1 aliphatic rings. The van der Waals surface area contributed by atoms with Crippen LogP contribution in [0.4, 0.5) is 0 Å². The summed E-state index contributed by atoms with van der Waals surface area (Å²) in [7, 11) is 0. The van der Waals surface area contributed by atoms with Crippen molar-refractivity contribution in [3.63, 3.8) is 0 Å². The molecule has 1 fully saturated rings. The summed E-state index contributed by atoms with van der Waals surface area (Å²) in [6, 6.07) is 10.6. The standard InChI is InChI=1S/C12H16O/c1-10(12-8-5-9-13-12)11-6-3-2-4-7-11/h2-4,6-7,10,12H,5,8-9H2,1H3. The van der Waals surface area contributed by atoms with E-state index in [1.54, 1.807) is 0 Å². The van der Waals surface area contributed by atoms with Crippen LogP contribution in [0.3, 0.4) is 0 Å². The quantitative estimate of drug-likeness (QED) is 0.673. The van der Waals surface area contributed by atoms with Gasteiger partial charge in [-0.3, -0.25) is 0 Å². The van der Waals surface area contributed by atoms with Gasteiger partial charge in [0, 0.05) is 12.5 Å². The summed E-state index contributed by atoms with van der Waals surface area (Å²) in [6.07, 6.45) is 2.89. The Bertz CT molecular complexity index is 249. The minimum absolute atomic E-state index is 0.447. The van der Waals surface area contributed by atoms with Crippen LogP contribution in [-0.4, -0.2) is 12.7 Å². The molecule has 1 aliphatic heterocycles. The minimum atomic E-state index is 0.447. The molecule has 0 radical (unpaired) electrons. The van der Waals surface area contributed by atoms with Gasteiger partial charge in [0.25, 0.3) is 0 Å². The molecule has 2 unspecified atom stereocenters. The monoisotopic (exact) mass is 176 g/mol. The van der Waals surface area contributed by atoms with Gasteiger partial charge in [0.2, 0.25) is 0 Å². The summed E-state index contributed by atoms with van der Waals surface area (Å²) < 4.78 is 5.67. The maximum absolute atomic E-state index is 5.67. The van der Waals surface area contributed by atoms with Crippen LogP contribution in [0.5, 0.6) is 0 Å². The fourth-order valence-electron chi connectivity index (χ4n) is 1.97. The number of ether oxygens (including phenoxy) is 1. The molecule has 0 bridgehead atoms. The van der Waals surface area contributed by atoms with Gasteiger partial charge in [0.1, 0.15) is 0 Å². The van der Waals surface area contributed by atoms with Crippen LogP contribution in [0.15, 0.2) is 30.3 Å². The first-order chi connectivity index (χ1) is 6.38. The second-order valence-electron chi connectivity index (χ2n) is 3.75. The van der Waals surface area contributed by atoms with Crippen molar-refractivity contribution in [3.8, 4) is 0 Å². The van der Waals surface area contributed by atoms with E-state index in [1.807, 2.05) is 0 Å². The third-order valence-electron chi connectivity index (χ3n) is 2.85. The Kier molecular flexibility index (Phi) is 2.65. The number of benzene rings is 1. The zero-order valence-electron chi connectivity index (χ0n) is 8.07. The zero-order chi connectivity index (χ0) is 9.10. The number of hydrogen-bond acceptors (Lipinski definition) is 1. The van der Waals surface area contributed by atoms with Crippen LogP contribution >= 0.6 is 0 Å². The summed E-state index contributed by atoms with van der Waals surface area (Å²) in [5.74, 6) is 0.545. The summed E-state index contributed by atoms with van der Waals surface area (Å²) >= 11 is 0. The normalized spacial score (nSPS) is 24.5. The van der Waals surface area contributed by atoms with E-state index in [2.05, 4.69) is 37.3 Å². The Labute approximate surface area is 79.7 Å². The second-order valence-corrected chi connectivity index (χ2v) is 3.75. The lowest BCUT2D eigenvalue weighted by molar-refractivity contribution is 0.0932. The van der Waals surface area contributed by atoms with Crippen LogP contribution in [0.1, 0.15) is 31.2 Å². The molecule has 1 heteroatoms. The maximum Gasteiger partial charge on any atom is 0.0641 e. The Morgan fingerprint density at radius 3 is 2.69 bits per heavy atom. The molecule has 1 aromatic carbocycles. The van der Waals surface area contributed by atoms with Gasteiger partial charge in [-0.15, -0.1) is 0 Å². The molecule has 0 aromatic heterocycles. The average molecular weight is 176 g/mol. The van der Waals surface area contributed by atoms with Gasteiger partial charge in [-0.2, -0.15) is 0 Å². The maximum atomic E-state index is 5.67. The van der Waals surface area contributed by atoms with E-state index in [9.17, 15) is 0 Å². The molecule has 0 amide bonds. The van der Waals surface area contributed by atoms with E-state index in [1.165, 1.54) is 18.4 Å². The van der Waals surface area contributed by atoms with Crippen LogP contribution in [0, 0.1) is 0 Å². The Hall–Kier alpha value is -0.820. The van der Waals surface area contributed by atoms with Crippen LogP contribution in [-0.2, 0) is 4.74 Å². The summed E-state index contributed by atoms with van der Waals surface area (Å²) in [5, 5.41) is 0. The lowest BCUT2D eigenvalue weighted by Crippen LogP contribution is -2.14. The Morgan fingerprint density at radius 2 is 2.08 bits per heavy atom. The predicted molar refractivity (Wildman–Crippen MR) is 53.8 cm³/mol. The largest absolute Gasteiger partial charge is 0.378 e. The first-order valence-electron chi connectivity index (χ1n) is 5.04. The Morgan fingerprint density at radius 1 is 1.31 bits per heavy atom. The number of rotatable bonds is 2. The topological polar surface area (TPSA) is 9.23 Å². The fourth-order valence-corrected chi connectivity index (χ4v) is 1.97. The van der Waals surface area contributed by atoms with Crippen molar-refractivity contribution in [3.05, 3.63) is 35.9 Å². The molecule has 2 rings (SSSR count). The van der Waals surface area contributed by atoms with Gasteiger partial charge in [-0.25, -0.2) is 0 Å². The lowest BCUT2D eigenvalue weighted by atomic mass is 9.94. The predicted octanol–water partition coefficient (Wildman–Crippen LogP) is 2.97. The van der Waals surface area contributed by atoms with E-state index in [4.69, 9.17) is 4.74 Å². The zero-order valence-corrected chi connectivity index (χ0v) is 8.07. The Balaban J connectivity index is 2.08. The smallest absolute Gasteiger partial charge is 0.0641 e. The SMILES string of the molecule is CC(c1ccccc1)C1CCCO1. The van der Waals surface area contributed by atoms with Gasteiger partial charge in [-0.05, 0) is 18.4 Å². The highest BCUT2D eigenvalue weighted by Crippen LogP contribution is 2.27. The number of hydrogen-bond donors (Lipinski definition) is 0. The van der Waals surface area contributed by atoms with Gasteiger partial charge in [0.05, 0.1) is 6.10 Å². The van der Waals surface area contributed by atoms with Crippen LogP contribution < -0.4 is 0 Å². The molecular weight excluding hydrogens is 160 g/mol. The molecule has 1 saturated heterocycles. The molecule has 1 heterocycles. The molecule has 1 aromatic rings. The molecule has 2 atom stereocenters. The molecule has 1 nitrogen and oxygen atoms in total. The molecule has 0 saturated carbocycles. The van der Waals surface area contributed by atoms with E-state index in [-0.39, 0.29) is 0 Å². The molecular formula is C12H16O. The van der Waals surface area contributed by atoms with Gasteiger partial charge in [-0.1, -0.05) is 37.3 Å². The van der Waals surface area contributed by atoms with E-state index >= 15 is 0 Å². The van der Waals surface area contributed by atoms with Crippen molar-refractivity contribution < 1.29 is 4.74 Å². The van der Waals surface area contributed by atoms with Gasteiger partial charge in [0.15, 0.2) is 0 Å². The first kappa shape index (κ1) is 8.76. The van der Waals surface area contributed by atoms with Crippen LogP contribution in [0.25, 0.3) is 0 Å². The van der Waals surface area contributed by atoms with E-state index in [0.717, 1.165) is 6.61 Å². The van der Waals surface area contributed by atoms with Crippen LogP contribution in [0.2, 0.25) is 0 Å². The van der Waals surface area contributed by atoms with E-state index < -0.39 is 0 Å². The summed E-state index contributed by atoms with van der Waals surface area (Å²) in [6.45, 7) is 3.20. The van der Waals surface area contributed by atoms with Crippen molar-refractivity contribution in [2.24, 2.45) is 0 Å². The summed E-state index contributed by atoms with van der Waals surface area (Å²) in [5.41, 5.74) is 1.40. The van der Waals surface area contributed by atoms with Gasteiger partial charge >= 0.3 is 0 Å². The van der Waals surface area contributed by atoms with Crippen molar-refractivity contribution in [1.29, 1.82) is 0 Å². The highest BCUT2D eigenvalue weighted by molar-refractivity contribution is 5.20. The van der Waals surface area contributed by atoms with Crippen molar-refractivity contribution in [2.45, 2.75) is 31.8 Å². The third-order valence-corrected chi connectivity index (χ3v) is 2.85. The molecule has 0 spiro atoms. The fraction of sp³-hybridized carbons (Fsp3) is 0.500. The first-order valence-corrected chi connectivity index (χ1v) is 5.04. The lowest BCUT2D eigenvalue weighted by Gasteiger charge is -2.18. The van der Waals surface area contributed by atoms with E-state index in [0.29, 0.717) is 12.0 Å². The van der Waals surface area contributed by atoms with Crippen molar-refractivity contribution in [2.75, 3.05) is 6.61 Å². The summed E-state index contributed by atoms with van der Waals surface area (Å²) in [4.78, 5) is 0. The molecule has 13 heavy (non-hydrogen) atoms. The van der Waals surface area contributed by atoms with Crippen molar-refractivity contribution >= 4 is 0 Å². The highest BCUT2D eigenvalue weighted by atomic mass is 16.5. The second kappa shape index (κ2) is 3.93. The molecule has 0 N–H and O–H groups in total.